The fourth-order valence-electron chi connectivity index (χ4n) is 2.49. The number of nitrogens with zero attached hydrogens (tertiary/aromatic N) is 2. The molecule has 0 aliphatic heterocycles. The molecule has 3 aromatic rings. The van der Waals surface area contributed by atoms with E-state index in [1.54, 1.807) is 29.8 Å². The van der Waals surface area contributed by atoms with E-state index >= 15 is 0 Å². The summed E-state index contributed by atoms with van der Waals surface area (Å²) in [6.07, 6.45) is 0. The smallest absolute Gasteiger partial charge is 0.260 e. The van der Waals surface area contributed by atoms with Gasteiger partial charge in [0.05, 0.1) is 17.8 Å². The van der Waals surface area contributed by atoms with Gasteiger partial charge in [-0.25, -0.2) is 4.68 Å². The molecule has 0 unspecified atom stereocenters. The third-order valence-electron chi connectivity index (χ3n) is 3.59. The molecule has 0 fully saturated rings. The van der Waals surface area contributed by atoms with Gasteiger partial charge < -0.3 is 5.32 Å². The van der Waals surface area contributed by atoms with Gasteiger partial charge in [-0.05, 0) is 30.7 Å². The Kier molecular flexibility index (Phi) is 5.33. The molecular formula is C18H14Cl3N3O. The minimum Gasteiger partial charge on any atom is -0.322 e. The van der Waals surface area contributed by atoms with Crippen LogP contribution in [0.5, 0.6) is 0 Å². The molecule has 1 amide bonds. The van der Waals surface area contributed by atoms with Gasteiger partial charge in [0.15, 0.2) is 0 Å². The summed E-state index contributed by atoms with van der Waals surface area (Å²) in [5.74, 6) is -0.361. The molecule has 0 saturated heterocycles. The van der Waals surface area contributed by atoms with Crippen molar-refractivity contribution in [3.05, 3.63) is 80.6 Å². The largest absolute Gasteiger partial charge is 0.322 e. The second-order valence-electron chi connectivity index (χ2n) is 5.51. The van der Waals surface area contributed by atoms with Crippen molar-refractivity contribution in [3.8, 4) is 0 Å². The lowest BCUT2D eigenvalue weighted by molar-refractivity contribution is 0.102. The van der Waals surface area contributed by atoms with Crippen molar-refractivity contribution in [1.82, 2.24) is 9.78 Å². The number of benzene rings is 2. The Morgan fingerprint density at radius 3 is 2.36 bits per heavy atom. The zero-order chi connectivity index (χ0) is 18.0. The number of hydrogen-bond acceptors (Lipinski definition) is 2. The van der Waals surface area contributed by atoms with E-state index < -0.39 is 0 Å². The number of rotatable bonds is 4. The van der Waals surface area contributed by atoms with Gasteiger partial charge in [-0.15, -0.1) is 0 Å². The summed E-state index contributed by atoms with van der Waals surface area (Å²) in [6.45, 7) is 2.23. The predicted octanol–water partition coefficient (Wildman–Crippen LogP) is 5.45. The summed E-state index contributed by atoms with van der Waals surface area (Å²) >= 11 is 18.3. The van der Waals surface area contributed by atoms with Crippen molar-refractivity contribution in [1.29, 1.82) is 0 Å². The molecule has 7 heteroatoms. The minimum atomic E-state index is -0.361. The van der Waals surface area contributed by atoms with Crippen molar-refractivity contribution < 1.29 is 4.79 Å². The van der Waals surface area contributed by atoms with Gasteiger partial charge in [0.25, 0.3) is 5.91 Å². The summed E-state index contributed by atoms with van der Waals surface area (Å²) in [5.41, 5.74) is 2.41. The first-order valence-corrected chi connectivity index (χ1v) is 8.61. The fraction of sp³-hybridized carbons (Fsp3) is 0.111. The predicted molar refractivity (Wildman–Crippen MR) is 102 cm³/mol. The van der Waals surface area contributed by atoms with Crippen molar-refractivity contribution >= 4 is 46.4 Å². The fourth-order valence-corrected chi connectivity index (χ4v) is 3.34. The van der Waals surface area contributed by atoms with Crippen molar-refractivity contribution in [2.75, 3.05) is 5.32 Å². The quantitative estimate of drug-likeness (QED) is 0.639. The summed E-state index contributed by atoms with van der Waals surface area (Å²) in [4.78, 5) is 12.6. The molecule has 0 aliphatic rings. The van der Waals surface area contributed by atoms with Crippen LogP contribution in [-0.4, -0.2) is 15.7 Å². The molecule has 1 aromatic heterocycles. The average Bonchev–Trinajstić information content (AvgIpc) is 2.81. The zero-order valence-electron chi connectivity index (χ0n) is 13.3. The molecule has 0 aliphatic carbocycles. The van der Waals surface area contributed by atoms with Crippen LogP contribution < -0.4 is 5.32 Å². The lowest BCUT2D eigenvalue weighted by atomic mass is 10.2. The number of aryl methyl sites for hydroxylation is 1. The number of nitrogens with one attached hydrogen (secondary N) is 1. The van der Waals surface area contributed by atoms with E-state index in [-0.39, 0.29) is 11.1 Å². The standard InChI is InChI=1S/C18H14Cl3N3O/c1-11-16(18(25)22-15-8-13(19)7-14(20)9-15)17(21)24(23-11)10-12-5-3-2-4-6-12/h2-9H,10H2,1H3,(H,22,25). The Balaban J connectivity index is 1.85. The van der Waals surface area contributed by atoms with Gasteiger partial charge in [-0.2, -0.15) is 5.10 Å². The Hall–Kier alpha value is -2.01. The maximum atomic E-state index is 12.6. The highest BCUT2D eigenvalue weighted by Crippen LogP contribution is 2.25. The maximum Gasteiger partial charge on any atom is 0.260 e. The number of amides is 1. The molecule has 128 valence electrons. The first kappa shape index (κ1) is 17.8. The zero-order valence-corrected chi connectivity index (χ0v) is 15.5. The van der Waals surface area contributed by atoms with Gasteiger partial charge in [0.1, 0.15) is 5.15 Å². The highest BCUT2D eigenvalue weighted by Gasteiger charge is 2.20. The van der Waals surface area contributed by atoms with E-state index in [2.05, 4.69) is 10.4 Å². The lowest BCUT2D eigenvalue weighted by Crippen LogP contribution is -2.13. The van der Waals surface area contributed by atoms with Gasteiger partial charge in [-0.3, -0.25) is 4.79 Å². The molecule has 0 bridgehead atoms. The topological polar surface area (TPSA) is 46.9 Å². The molecule has 0 saturated carbocycles. The lowest BCUT2D eigenvalue weighted by Gasteiger charge is -2.07. The summed E-state index contributed by atoms with van der Waals surface area (Å²) in [7, 11) is 0. The van der Waals surface area contributed by atoms with Crippen LogP contribution in [0.15, 0.2) is 48.5 Å². The molecule has 25 heavy (non-hydrogen) atoms. The average molecular weight is 395 g/mol. The minimum absolute atomic E-state index is 0.284. The first-order valence-electron chi connectivity index (χ1n) is 7.48. The van der Waals surface area contributed by atoms with Gasteiger partial charge in [0.2, 0.25) is 0 Å². The molecular weight excluding hydrogens is 381 g/mol. The van der Waals surface area contributed by atoms with E-state index in [4.69, 9.17) is 34.8 Å². The monoisotopic (exact) mass is 393 g/mol. The van der Waals surface area contributed by atoms with Gasteiger partial charge >= 0.3 is 0 Å². The second kappa shape index (κ2) is 7.48. The van der Waals surface area contributed by atoms with Crippen molar-refractivity contribution in [2.24, 2.45) is 0 Å². The summed E-state index contributed by atoms with van der Waals surface area (Å²) < 4.78 is 1.60. The number of hydrogen-bond donors (Lipinski definition) is 1. The summed E-state index contributed by atoms with van der Waals surface area (Å²) in [5, 5.41) is 8.28. The van der Waals surface area contributed by atoms with E-state index in [9.17, 15) is 4.79 Å². The maximum absolute atomic E-state index is 12.6. The van der Waals surface area contributed by atoms with Crippen molar-refractivity contribution in [2.45, 2.75) is 13.5 Å². The summed E-state index contributed by atoms with van der Waals surface area (Å²) in [6, 6.07) is 14.6. The highest BCUT2D eigenvalue weighted by molar-refractivity contribution is 6.35. The molecule has 4 nitrogen and oxygen atoms in total. The highest BCUT2D eigenvalue weighted by atomic mass is 35.5. The number of carbonyl (C=O) groups is 1. The van der Waals surface area contributed by atoms with E-state index in [1.165, 1.54) is 0 Å². The first-order chi connectivity index (χ1) is 11.9. The van der Waals surface area contributed by atoms with E-state index in [0.29, 0.717) is 33.5 Å². The number of halogens is 3. The number of anilines is 1. The second-order valence-corrected chi connectivity index (χ2v) is 6.74. The van der Waals surface area contributed by atoms with Crippen LogP contribution in [0.3, 0.4) is 0 Å². The molecule has 0 radical (unpaired) electrons. The SMILES string of the molecule is Cc1nn(Cc2ccccc2)c(Cl)c1C(=O)Nc1cc(Cl)cc(Cl)c1. The third kappa shape index (κ3) is 4.15. The van der Waals surface area contributed by atoms with Crippen LogP contribution in [-0.2, 0) is 6.54 Å². The molecule has 0 atom stereocenters. The van der Waals surface area contributed by atoms with Crippen LogP contribution in [0.1, 0.15) is 21.6 Å². The molecule has 1 heterocycles. The van der Waals surface area contributed by atoms with Gasteiger partial charge in [-0.1, -0.05) is 65.1 Å². The van der Waals surface area contributed by atoms with Crippen LogP contribution in [0.25, 0.3) is 0 Å². The molecule has 3 rings (SSSR count). The Bertz CT molecular complexity index is 903. The molecule has 2 aromatic carbocycles. The Morgan fingerprint density at radius 2 is 1.72 bits per heavy atom. The van der Waals surface area contributed by atoms with Crippen LogP contribution in [0.2, 0.25) is 15.2 Å². The van der Waals surface area contributed by atoms with E-state index in [0.717, 1.165) is 5.56 Å². The number of aromatic nitrogens is 2. The third-order valence-corrected chi connectivity index (χ3v) is 4.41. The van der Waals surface area contributed by atoms with Crippen LogP contribution >= 0.6 is 34.8 Å². The Morgan fingerprint density at radius 1 is 1.08 bits per heavy atom. The van der Waals surface area contributed by atoms with Crippen LogP contribution in [0.4, 0.5) is 5.69 Å². The normalized spacial score (nSPS) is 10.7. The molecule has 0 spiro atoms. The number of carbonyl (C=O) groups excluding carboxylic acids is 1. The molecule has 1 N–H and O–H groups in total. The van der Waals surface area contributed by atoms with E-state index in [1.807, 2.05) is 30.3 Å². The van der Waals surface area contributed by atoms with Crippen molar-refractivity contribution in [3.63, 3.8) is 0 Å². The van der Waals surface area contributed by atoms with Crippen LogP contribution in [0, 0.1) is 6.92 Å². The van der Waals surface area contributed by atoms with Gasteiger partial charge in [0, 0.05) is 15.7 Å². The Labute approximate surface area is 160 Å².